The number of ether oxygens (including phenoxy) is 2. The number of fused-ring (bicyclic) bond motifs is 1. The van der Waals surface area contributed by atoms with E-state index in [0.29, 0.717) is 6.54 Å². The molecule has 0 radical (unpaired) electrons. The van der Waals surface area contributed by atoms with Gasteiger partial charge in [0.25, 0.3) is 0 Å². The third-order valence-electron chi connectivity index (χ3n) is 6.15. The molecule has 0 aromatic heterocycles. The van der Waals surface area contributed by atoms with Crippen LogP contribution in [0.25, 0.3) is 0 Å². The molecule has 3 aliphatic heterocycles. The molecule has 2 aromatic rings. The molecule has 142 valence electrons. The van der Waals surface area contributed by atoms with Gasteiger partial charge >= 0.3 is 5.97 Å². The largest absolute Gasteiger partial charge is 0.469 e. The predicted molar refractivity (Wildman–Crippen MR) is 102 cm³/mol. The highest BCUT2D eigenvalue weighted by atomic mass is 16.5. The van der Waals surface area contributed by atoms with Gasteiger partial charge in [-0.1, -0.05) is 72.8 Å². The molecule has 5 rings (SSSR count). The summed E-state index contributed by atoms with van der Waals surface area (Å²) in [5, 5.41) is 0. The smallest absolute Gasteiger partial charge is 0.312 e. The molecule has 3 heterocycles. The first-order valence-electron chi connectivity index (χ1n) is 9.50. The van der Waals surface area contributed by atoms with E-state index < -0.39 is 17.4 Å². The second-order valence-corrected chi connectivity index (χ2v) is 7.61. The molecular weight excluding hydrogens is 354 g/mol. The van der Waals surface area contributed by atoms with Crippen LogP contribution in [0.5, 0.6) is 0 Å². The normalized spacial score (nSPS) is 30.1. The molecule has 2 fully saturated rings. The molecule has 3 aliphatic rings. The van der Waals surface area contributed by atoms with Gasteiger partial charge in [0, 0.05) is 0 Å². The van der Waals surface area contributed by atoms with Gasteiger partial charge in [-0.15, -0.1) is 0 Å². The summed E-state index contributed by atoms with van der Waals surface area (Å²) >= 11 is 0. The molecule has 1 amide bonds. The molecule has 5 nitrogen and oxygen atoms in total. The Labute approximate surface area is 163 Å². The lowest BCUT2D eigenvalue weighted by atomic mass is 9.77. The van der Waals surface area contributed by atoms with Crippen LogP contribution in [0.15, 0.2) is 72.8 Å². The van der Waals surface area contributed by atoms with Crippen molar-refractivity contribution in [3.63, 3.8) is 0 Å². The maximum Gasteiger partial charge on any atom is 0.312 e. The molecular formula is C23H21NO4. The third kappa shape index (κ3) is 2.36. The summed E-state index contributed by atoms with van der Waals surface area (Å²) in [5.41, 5.74) is 1.32. The minimum atomic E-state index is -0.748. The molecule has 1 unspecified atom stereocenters. The van der Waals surface area contributed by atoms with Crippen molar-refractivity contribution in [1.29, 1.82) is 0 Å². The van der Waals surface area contributed by atoms with E-state index in [9.17, 15) is 9.59 Å². The number of benzene rings is 2. The van der Waals surface area contributed by atoms with Gasteiger partial charge in [0.05, 0.1) is 31.7 Å². The number of carbonyl (C=O) groups is 2. The third-order valence-corrected chi connectivity index (χ3v) is 6.15. The van der Waals surface area contributed by atoms with Crippen LogP contribution in [0, 0.1) is 11.8 Å². The van der Waals surface area contributed by atoms with Gasteiger partial charge in [-0.2, -0.15) is 0 Å². The Bertz CT molecular complexity index is 902. The summed E-state index contributed by atoms with van der Waals surface area (Å²) in [6, 6.07) is 19.7. The van der Waals surface area contributed by atoms with Crippen molar-refractivity contribution in [1.82, 2.24) is 4.90 Å². The van der Waals surface area contributed by atoms with Gasteiger partial charge < -0.3 is 14.4 Å². The van der Waals surface area contributed by atoms with Crippen molar-refractivity contribution >= 4 is 11.9 Å². The van der Waals surface area contributed by atoms with Crippen LogP contribution >= 0.6 is 0 Å². The van der Waals surface area contributed by atoms with Crippen molar-refractivity contribution in [2.45, 2.75) is 17.7 Å². The lowest BCUT2D eigenvalue weighted by molar-refractivity contribution is -0.151. The van der Waals surface area contributed by atoms with E-state index in [4.69, 9.17) is 9.47 Å². The molecule has 2 saturated heterocycles. The van der Waals surface area contributed by atoms with Gasteiger partial charge in [0.1, 0.15) is 11.5 Å². The van der Waals surface area contributed by atoms with Gasteiger partial charge in [-0.05, 0) is 11.1 Å². The molecule has 0 aliphatic carbocycles. The highest BCUT2D eigenvalue weighted by Crippen LogP contribution is 2.54. The number of carbonyl (C=O) groups excluding carboxylic acids is 2. The molecule has 5 heteroatoms. The summed E-state index contributed by atoms with van der Waals surface area (Å²) in [6.07, 6.45) is 3.48. The number of likely N-dealkylation sites (tertiary alicyclic amines) is 1. The first-order chi connectivity index (χ1) is 13.6. The van der Waals surface area contributed by atoms with Crippen LogP contribution in [-0.2, 0) is 19.1 Å². The maximum atomic E-state index is 13.6. The Morgan fingerprint density at radius 2 is 1.71 bits per heavy atom. The van der Waals surface area contributed by atoms with Crippen LogP contribution < -0.4 is 0 Å². The van der Waals surface area contributed by atoms with Crippen molar-refractivity contribution in [3.05, 3.63) is 83.9 Å². The number of methoxy groups -OCH3 is 1. The van der Waals surface area contributed by atoms with Crippen molar-refractivity contribution in [2.75, 3.05) is 13.7 Å². The molecule has 0 N–H and O–H groups in total. The Hall–Kier alpha value is -2.92. The average molecular weight is 375 g/mol. The van der Waals surface area contributed by atoms with E-state index in [1.807, 2.05) is 77.7 Å². The van der Waals surface area contributed by atoms with Crippen LogP contribution in [0.1, 0.15) is 17.2 Å². The fraction of sp³-hybridized carbons (Fsp3) is 0.304. The van der Waals surface area contributed by atoms with Gasteiger partial charge in [-0.25, -0.2) is 0 Å². The lowest BCUT2D eigenvalue weighted by Crippen LogP contribution is -2.40. The standard InChI is InChI=1S/C23H21NO4/c1-27-22(26)18-17-12-13-23(28-17)14-24(21(25)19(18)23)20(15-8-4-2-5-9-15)16-10-6-3-7-11-16/h2-13,17-20H,14H2,1H3/t17-,18?,19+,23-/m1/s1. The van der Waals surface area contributed by atoms with E-state index in [2.05, 4.69) is 0 Å². The van der Waals surface area contributed by atoms with Gasteiger partial charge in [-0.3, -0.25) is 9.59 Å². The minimum Gasteiger partial charge on any atom is -0.469 e. The first-order valence-corrected chi connectivity index (χ1v) is 9.50. The monoisotopic (exact) mass is 375 g/mol. The molecule has 1 spiro atoms. The SMILES string of the molecule is COC(=O)C1[C@H]2C(=O)N(C(c3ccccc3)c3ccccc3)C[C@]23C=C[C@H]1O3. The molecule has 2 aromatic carbocycles. The van der Waals surface area contributed by atoms with E-state index in [0.717, 1.165) is 11.1 Å². The van der Waals surface area contributed by atoms with Gasteiger partial charge in [0.15, 0.2) is 0 Å². The number of nitrogens with zero attached hydrogens (tertiary/aromatic N) is 1. The Balaban J connectivity index is 1.58. The Morgan fingerprint density at radius 3 is 2.29 bits per heavy atom. The predicted octanol–water partition coefficient (Wildman–Crippen LogP) is 2.73. The maximum absolute atomic E-state index is 13.6. The number of rotatable bonds is 4. The average Bonchev–Trinajstić information content (AvgIpc) is 3.38. The second-order valence-electron chi connectivity index (χ2n) is 7.61. The molecule has 28 heavy (non-hydrogen) atoms. The van der Waals surface area contributed by atoms with Crippen molar-refractivity contribution in [3.8, 4) is 0 Å². The zero-order valence-electron chi connectivity index (χ0n) is 15.5. The fourth-order valence-electron chi connectivity index (χ4n) is 4.97. The molecule has 2 bridgehead atoms. The van der Waals surface area contributed by atoms with E-state index in [1.54, 1.807) is 0 Å². The summed E-state index contributed by atoms with van der Waals surface area (Å²) in [7, 11) is 1.36. The fourth-order valence-corrected chi connectivity index (χ4v) is 4.97. The van der Waals surface area contributed by atoms with E-state index in [1.165, 1.54) is 7.11 Å². The first kappa shape index (κ1) is 17.2. The van der Waals surface area contributed by atoms with Crippen LogP contribution in [0.4, 0.5) is 0 Å². The van der Waals surface area contributed by atoms with E-state index >= 15 is 0 Å². The van der Waals surface area contributed by atoms with Crippen molar-refractivity contribution in [2.24, 2.45) is 11.8 Å². The minimum absolute atomic E-state index is 0.0556. The number of esters is 1. The topological polar surface area (TPSA) is 55.8 Å². The van der Waals surface area contributed by atoms with E-state index in [-0.39, 0.29) is 24.0 Å². The lowest BCUT2D eigenvalue weighted by Gasteiger charge is -2.31. The summed E-state index contributed by atoms with van der Waals surface area (Å²) in [5.74, 6) is -1.56. The summed E-state index contributed by atoms with van der Waals surface area (Å²) in [6.45, 7) is 0.422. The number of hydrogen-bond acceptors (Lipinski definition) is 4. The quantitative estimate of drug-likeness (QED) is 0.609. The molecule has 0 saturated carbocycles. The van der Waals surface area contributed by atoms with Crippen LogP contribution in [0.3, 0.4) is 0 Å². The Morgan fingerprint density at radius 1 is 1.11 bits per heavy atom. The summed E-state index contributed by atoms with van der Waals surface area (Å²) in [4.78, 5) is 27.9. The highest BCUT2D eigenvalue weighted by Gasteiger charge is 2.68. The summed E-state index contributed by atoms with van der Waals surface area (Å²) < 4.78 is 11.1. The molecule has 4 atom stereocenters. The Kier molecular flexibility index (Phi) is 3.88. The van der Waals surface area contributed by atoms with Gasteiger partial charge in [0.2, 0.25) is 5.91 Å². The number of hydrogen-bond donors (Lipinski definition) is 0. The highest BCUT2D eigenvalue weighted by molar-refractivity contribution is 5.91. The zero-order valence-corrected chi connectivity index (χ0v) is 15.5. The zero-order chi connectivity index (χ0) is 19.3. The number of amides is 1. The van der Waals surface area contributed by atoms with Crippen LogP contribution in [0.2, 0.25) is 0 Å². The second kappa shape index (κ2) is 6.31. The van der Waals surface area contributed by atoms with Crippen molar-refractivity contribution < 1.29 is 19.1 Å². The van der Waals surface area contributed by atoms with Crippen LogP contribution in [-0.4, -0.2) is 42.1 Å².